The Morgan fingerprint density at radius 2 is 1.50 bits per heavy atom. The predicted octanol–water partition coefficient (Wildman–Crippen LogP) is 5.74. The second-order valence-corrected chi connectivity index (χ2v) is 8.72. The number of benzene rings is 3. The highest BCUT2D eigenvalue weighted by molar-refractivity contribution is 6.27. The Morgan fingerprint density at radius 3 is 2.18 bits per heavy atom. The molecule has 6 heteroatoms. The topological polar surface area (TPSA) is 49.9 Å². The van der Waals surface area contributed by atoms with Crippen LogP contribution in [0.5, 0.6) is 11.5 Å². The minimum absolute atomic E-state index is 0.00481. The maximum Gasteiger partial charge on any atom is 0.253 e. The van der Waals surface area contributed by atoms with E-state index in [1.54, 1.807) is 0 Å². The number of carbonyl (C=O) groups excluding carboxylic acids is 2. The zero-order valence-electron chi connectivity index (χ0n) is 19.1. The second kappa shape index (κ2) is 11.7. The molecule has 3 aromatic rings. The van der Waals surface area contributed by atoms with Gasteiger partial charge in [-0.3, -0.25) is 9.59 Å². The number of hydrogen-bond acceptors (Lipinski definition) is 3. The van der Waals surface area contributed by atoms with Crippen LogP contribution in [0.2, 0.25) is 0 Å². The van der Waals surface area contributed by atoms with E-state index in [1.807, 2.05) is 94.7 Å². The van der Waals surface area contributed by atoms with Gasteiger partial charge in [0.15, 0.2) is 0 Å². The van der Waals surface area contributed by atoms with Gasteiger partial charge in [-0.05, 0) is 61.2 Å². The van der Waals surface area contributed by atoms with Crippen molar-refractivity contribution in [2.24, 2.45) is 0 Å². The number of likely N-dealkylation sites (tertiary alicyclic amines) is 1. The molecule has 2 amide bonds. The Morgan fingerprint density at radius 1 is 0.853 bits per heavy atom. The Bertz CT molecular complexity index is 1070. The Labute approximate surface area is 205 Å². The van der Waals surface area contributed by atoms with Crippen LogP contribution >= 0.6 is 11.6 Å². The van der Waals surface area contributed by atoms with E-state index < -0.39 is 0 Å². The summed E-state index contributed by atoms with van der Waals surface area (Å²) in [6.07, 6.45) is 2.42. The van der Waals surface area contributed by atoms with Crippen molar-refractivity contribution in [3.8, 4) is 11.5 Å². The maximum absolute atomic E-state index is 13.2. The van der Waals surface area contributed by atoms with Crippen LogP contribution in [0.3, 0.4) is 0 Å². The summed E-state index contributed by atoms with van der Waals surface area (Å²) in [4.78, 5) is 29.6. The van der Waals surface area contributed by atoms with Crippen LogP contribution in [0.25, 0.3) is 0 Å². The molecule has 1 fully saturated rings. The molecule has 34 heavy (non-hydrogen) atoms. The first-order chi connectivity index (χ1) is 16.6. The fraction of sp³-hybridized carbons (Fsp3) is 0.286. The summed E-state index contributed by atoms with van der Waals surface area (Å²) in [6.45, 7) is 1.81. The fourth-order valence-electron chi connectivity index (χ4n) is 4.34. The van der Waals surface area contributed by atoms with Gasteiger partial charge < -0.3 is 14.5 Å². The molecule has 5 nitrogen and oxygen atoms in total. The summed E-state index contributed by atoms with van der Waals surface area (Å²) in [6, 6.07) is 26.8. The normalized spacial score (nSPS) is 15.9. The Hall–Kier alpha value is -3.31. The van der Waals surface area contributed by atoms with Gasteiger partial charge in [0, 0.05) is 31.2 Å². The molecule has 0 bridgehead atoms. The molecule has 3 aromatic carbocycles. The average Bonchev–Trinajstić information content (AvgIpc) is 3.14. The molecule has 0 aromatic heterocycles. The molecule has 1 aliphatic rings. The number of hydrogen-bond donors (Lipinski definition) is 0. The van der Waals surface area contributed by atoms with Crippen molar-refractivity contribution < 1.29 is 14.3 Å². The molecular weight excluding hydrogens is 448 g/mol. The molecule has 1 heterocycles. The Kier molecular flexibility index (Phi) is 8.21. The summed E-state index contributed by atoms with van der Waals surface area (Å²) < 4.78 is 5.83. The van der Waals surface area contributed by atoms with Gasteiger partial charge in [0.25, 0.3) is 5.91 Å². The Balaban J connectivity index is 1.38. The quantitative estimate of drug-likeness (QED) is 0.408. The van der Waals surface area contributed by atoms with Gasteiger partial charge in [-0.2, -0.15) is 0 Å². The highest BCUT2D eigenvalue weighted by Gasteiger charge is 2.28. The largest absolute Gasteiger partial charge is 0.457 e. The van der Waals surface area contributed by atoms with E-state index in [-0.39, 0.29) is 23.7 Å². The molecule has 1 saturated heterocycles. The third-order valence-corrected chi connectivity index (χ3v) is 6.36. The van der Waals surface area contributed by atoms with Gasteiger partial charge in [0.2, 0.25) is 5.91 Å². The van der Waals surface area contributed by atoms with Crippen molar-refractivity contribution in [3.63, 3.8) is 0 Å². The number of nitrogens with zero attached hydrogens (tertiary/aromatic N) is 2. The minimum atomic E-state index is -0.0655. The van der Waals surface area contributed by atoms with Crippen molar-refractivity contribution in [1.82, 2.24) is 9.80 Å². The van der Waals surface area contributed by atoms with E-state index >= 15 is 0 Å². The van der Waals surface area contributed by atoms with Crippen LogP contribution in [0.15, 0.2) is 84.9 Å². The smallest absolute Gasteiger partial charge is 0.253 e. The molecular formula is C28H29ClN2O3. The third-order valence-electron chi connectivity index (χ3n) is 6.14. The third kappa shape index (κ3) is 6.17. The molecule has 4 rings (SSSR count). The number of carbonyl (C=O) groups is 2. The van der Waals surface area contributed by atoms with Gasteiger partial charge in [-0.15, -0.1) is 11.6 Å². The highest BCUT2D eigenvalue weighted by Crippen LogP contribution is 2.24. The van der Waals surface area contributed by atoms with Gasteiger partial charge in [0.05, 0.1) is 0 Å². The second-order valence-electron chi connectivity index (χ2n) is 8.46. The van der Waals surface area contributed by atoms with E-state index in [9.17, 15) is 9.59 Å². The summed E-state index contributed by atoms with van der Waals surface area (Å²) >= 11 is 5.93. The summed E-state index contributed by atoms with van der Waals surface area (Å²) in [7, 11) is 0. The lowest BCUT2D eigenvalue weighted by Crippen LogP contribution is -2.41. The van der Waals surface area contributed by atoms with E-state index in [0.717, 1.165) is 30.6 Å². The predicted molar refractivity (Wildman–Crippen MR) is 134 cm³/mol. The molecule has 1 atom stereocenters. The fourth-order valence-corrected chi connectivity index (χ4v) is 4.50. The lowest BCUT2D eigenvalue weighted by atomic mass is 10.1. The highest BCUT2D eigenvalue weighted by atomic mass is 35.5. The zero-order valence-corrected chi connectivity index (χ0v) is 19.9. The van der Waals surface area contributed by atoms with Crippen molar-refractivity contribution in [2.45, 2.75) is 31.8 Å². The first-order valence-electron chi connectivity index (χ1n) is 11.7. The summed E-state index contributed by atoms with van der Waals surface area (Å²) in [5.74, 6) is 1.35. The molecule has 0 saturated carbocycles. The van der Waals surface area contributed by atoms with E-state index in [0.29, 0.717) is 30.9 Å². The van der Waals surface area contributed by atoms with Gasteiger partial charge in [-0.1, -0.05) is 48.5 Å². The van der Waals surface area contributed by atoms with Crippen LogP contribution in [0.1, 0.15) is 35.2 Å². The molecule has 1 aliphatic heterocycles. The number of ether oxygens (including phenoxy) is 1. The molecule has 0 radical (unpaired) electrons. The molecule has 0 N–H and O–H groups in total. The first kappa shape index (κ1) is 23.8. The lowest BCUT2D eigenvalue weighted by molar-refractivity contribution is -0.131. The number of amides is 2. The monoisotopic (exact) mass is 476 g/mol. The van der Waals surface area contributed by atoms with Crippen molar-refractivity contribution in [2.75, 3.05) is 19.0 Å². The molecule has 1 unspecified atom stereocenters. The number of para-hydroxylation sites is 1. The molecule has 176 valence electrons. The van der Waals surface area contributed by atoms with Gasteiger partial charge in [0.1, 0.15) is 17.4 Å². The van der Waals surface area contributed by atoms with Crippen molar-refractivity contribution >= 4 is 23.4 Å². The van der Waals surface area contributed by atoms with Crippen LogP contribution in [-0.4, -0.2) is 46.6 Å². The van der Waals surface area contributed by atoms with Gasteiger partial charge >= 0.3 is 0 Å². The van der Waals surface area contributed by atoms with E-state index in [1.165, 1.54) is 0 Å². The standard InChI is InChI=1S/C28H29ClN2O3/c29-20-27(32)31(21-22-8-3-1-4-9-22)24-10-7-18-30(19-17-24)28(33)23-13-15-26(16-14-23)34-25-11-5-2-6-12-25/h1-6,8-9,11-16,24H,7,10,17-21H2. The maximum atomic E-state index is 13.2. The van der Waals surface area contributed by atoms with Crippen LogP contribution in [0, 0.1) is 0 Å². The zero-order chi connectivity index (χ0) is 23.8. The van der Waals surface area contributed by atoms with E-state index in [4.69, 9.17) is 16.3 Å². The number of halogens is 1. The van der Waals surface area contributed by atoms with Crippen molar-refractivity contribution in [3.05, 3.63) is 96.1 Å². The minimum Gasteiger partial charge on any atom is -0.457 e. The number of alkyl halides is 1. The first-order valence-corrected chi connectivity index (χ1v) is 12.2. The van der Waals surface area contributed by atoms with Crippen LogP contribution in [-0.2, 0) is 11.3 Å². The molecule has 0 aliphatic carbocycles. The molecule has 0 spiro atoms. The lowest BCUT2D eigenvalue weighted by Gasteiger charge is -2.31. The summed E-state index contributed by atoms with van der Waals surface area (Å²) in [5.41, 5.74) is 1.72. The van der Waals surface area contributed by atoms with Crippen LogP contribution in [0.4, 0.5) is 0 Å². The average molecular weight is 477 g/mol. The van der Waals surface area contributed by atoms with E-state index in [2.05, 4.69) is 0 Å². The van der Waals surface area contributed by atoms with Gasteiger partial charge in [-0.25, -0.2) is 0 Å². The SMILES string of the molecule is O=C(c1ccc(Oc2ccccc2)cc1)N1CCCC(N(Cc2ccccc2)C(=O)CCl)CC1. The van der Waals surface area contributed by atoms with Crippen LogP contribution < -0.4 is 4.74 Å². The summed E-state index contributed by atoms with van der Waals surface area (Å²) in [5, 5.41) is 0. The van der Waals surface area contributed by atoms with Crippen molar-refractivity contribution in [1.29, 1.82) is 0 Å². The number of rotatable bonds is 7.